The topological polar surface area (TPSA) is 66.8 Å². The van der Waals surface area contributed by atoms with E-state index in [1.54, 1.807) is 6.08 Å². The molecule has 1 aliphatic heterocycles. The Balaban J connectivity index is 1.63. The Hall–Kier alpha value is -1.85. The molecular formula is C28H42ClNO4. The standard InChI is InChI=1S/C28H42ClNO4/c1-2-3-4-5-6-7-8-9-10-11-12-13-17-20-25(31)26(29)27(32)30-24(22-34-28(30)33)21-23-18-15-14-16-19-23/h14-20,24-26,31H,2-13,21-22H2,1H3/t24-,25?,26?/m0/s1. The SMILES string of the molecule is CCCCCCCCCCCCCC=CC(O)C(Cl)C(=O)N1C(=O)OC[C@@H]1Cc1ccccc1. The Kier molecular flexibility index (Phi) is 14.0. The maximum Gasteiger partial charge on any atom is 0.417 e. The number of benzene rings is 1. The zero-order chi connectivity index (χ0) is 24.6. The minimum Gasteiger partial charge on any atom is -0.447 e. The summed E-state index contributed by atoms with van der Waals surface area (Å²) >= 11 is 6.25. The zero-order valence-corrected chi connectivity index (χ0v) is 21.4. The van der Waals surface area contributed by atoms with Gasteiger partial charge in [0.1, 0.15) is 12.0 Å². The van der Waals surface area contributed by atoms with Crippen LogP contribution in [0, 0.1) is 0 Å². The molecule has 2 amide bonds. The third kappa shape index (κ3) is 10.2. The van der Waals surface area contributed by atoms with Crippen molar-refractivity contribution in [1.82, 2.24) is 4.90 Å². The number of amides is 2. The lowest BCUT2D eigenvalue weighted by Crippen LogP contribution is -2.47. The van der Waals surface area contributed by atoms with Gasteiger partial charge in [0.25, 0.3) is 5.91 Å². The van der Waals surface area contributed by atoms with Crippen molar-refractivity contribution in [2.75, 3.05) is 6.61 Å². The summed E-state index contributed by atoms with van der Waals surface area (Å²) in [5.41, 5.74) is 1.00. The molecule has 1 aliphatic rings. The maximum atomic E-state index is 12.8. The number of rotatable bonds is 17. The predicted molar refractivity (Wildman–Crippen MR) is 138 cm³/mol. The monoisotopic (exact) mass is 491 g/mol. The van der Waals surface area contributed by atoms with Crippen LogP contribution in [0.15, 0.2) is 42.5 Å². The average Bonchev–Trinajstić information content (AvgIpc) is 3.21. The second kappa shape index (κ2) is 16.7. The molecule has 0 aliphatic carbocycles. The number of hydrogen-bond donors (Lipinski definition) is 1. The van der Waals surface area contributed by atoms with E-state index in [9.17, 15) is 14.7 Å². The lowest BCUT2D eigenvalue weighted by atomic mass is 10.0. The molecule has 0 bridgehead atoms. The van der Waals surface area contributed by atoms with Crippen molar-refractivity contribution < 1.29 is 19.4 Å². The maximum absolute atomic E-state index is 12.8. The Morgan fingerprint density at radius 1 is 1.06 bits per heavy atom. The van der Waals surface area contributed by atoms with Crippen LogP contribution in [0.2, 0.25) is 0 Å². The Morgan fingerprint density at radius 3 is 2.26 bits per heavy atom. The van der Waals surface area contributed by atoms with Crippen molar-refractivity contribution in [3.05, 3.63) is 48.0 Å². The second-order valence-electron chi connectivity index (χ2n) is 9.27. The highest BCUT2D eigenvalue weighted by molar-refractivity contribution is 6.32. The molecular weight excluding hydrogens is 450 g/mol. The smallest absolute Gasteiger partial charge is 0.417 e. The van der Waals surface area contributed by atoms with Gasteiger partial charge in [0, 0.05) is 0 Å². The van der Waals surface area contributed by atoms with Gasteiger partial charge >= 0.3 is 6.09 Å². The first-order valence-electron chi connectivity index (χ1n) is 13.1. The first-order chi connectivity index (χ1) is 16.5. The minimum atomic E-state index is -1.22. The molecule has 2 unspecified atom stereocenters. The summed E-state index contributed by atoms with van der Waals surface area (Å²) in [7, 11) is 0. The zero-order valence-electron chi connectivity index (χ0n) is 20.7. The van der Waals surface area contributed by atoms with Crippen LogP contribution in [0.25, 0.3) is 0 Å². The summed E-state index contributed by atoms with van der Waals surface area (Å²) in [5, 5.41) is 9.14. The van der Waals surface area contributed by atoms with E-state index in [0.717, 1.165) is 23.3 Å². The number of carbonyl (C=O) groups is 2. The summed E-state index contributed by atoms with van der Waals surface area (Å²) in [5.74, 6) is -0.614. The van der Waals surface area contributed by atoms with Gasteiger partial charge in [-0.05, 0) is 24.8 Å². The van der Waals surface area contributed by atoms with Crippen LogP contribution in [-0.2, 0) is 16.0 Å². The molecule has 0 saturated carbocycles. The lowest BCUT2D eigenvalue weighted by molar-refractivity contribution is -0.130. The number of nitrogens with zero attached hydrogens (tertiary/aromatic N) is 1. The van der Waals surface area contributed by atoms with Gasteiger partial charge in [-0.3, -0.25) is 4.79 Å². The summed E-state index contributed by atoms with van der Waals surface area (Å²) in [6, 6.07) is 9.19. The van der Waals surface area contributed by atoms with E-state index in [0.29, 0.717) is 6.42 Å². The molecule has 0 aromatic heterocycles. The predicted octanol–water partition coefficient (Wildman–Crippen LogP) is 6.80. The summed E-state index contributed by atoms with van der Waals surface area (Å²) in [4.78, 5) is 26.0. The Morgan fingerprint density at radius 2 is 1.65 bits per heavy atom. The highest BCUT2D eigenvalue weighted by atomic mass is 35.5. The molecule has 1 saturated heterocycles. The van der Waals surface area contributed by atoms with Gasteiger partial charge < -0.3 is 9.84 Å². The molecule has 0 radical (unpaired) electrons. The molecule has 1 N–H and O–H groups in total. The summed E-state index contributed by atoms with van der Waals surface area (Å²) in [6.45, 7) is 2.38. The van der Waals surface area contributed by atoms with Crippen LogP contribution < -0.4 is 0 Å². The third-order valence-electron chi connectivity index (χ3n) is 6.36. The van der Waals surface area contributed by atoms with Crippen molar-refractivity contribution in [1.29, 1.82) is 0 Å². The number of carbonyl (C=O) groups excluding carboxylic acids is 2. The first-order valence-corrected chi connectivity index (χ1v) is 13.5. The van der Waals surface area contributed by atoms with E-state index in [1.807, 2.05) is 36.4 Å². The Bertz CT molecular complexity index is 739. The van der Waals surface area contributed by atoms with Crippen molar-refractivity contribution in [2.24, 2.45) is 0 Å². The van der Waals surface area contributed by atoms with Crippen LogP contribution in [0.3, 0.4) is 0 Å². The van der Waals surface area contributed by atoms with E-state index < -0.39 is 29.5 Å². The van der Waals surface area contributed by atoms with Crippen molar-refractivity contribution >= 4 is 23.6 Å². The molecule has 2 rings (SSSR count). The van der Waals surface area contributed by atoms with Gasteiger partial charge in [-0.1, -0.05) is 114 Å². The number of cyclic esters (lactones) is 1. The number of allylic oxidation sites excluding steroid dienone is 1. The number of halogens is 1. The minimum absolute atomic E-state index is 0.133. The quantitative estimate of drug-likeness (QED) is 0.148. The fourth-order valence-corrected chi connectivity index (χ4v) is 4.49. The molecule has 0 spiro atoms. The van der Waals surface area contributed by atoms with E-state index in [-0.39, 0.29) is 6.61 Å². The highest BCUT2D eigenvalue weighted by Gasteiger charge is 2.41. The van der Waals surface area contributed by atoms with E-state index in [1.165, 1.54) is 64.2 Å². The van der Waals surface area contributed by atoms with Crippen molar-refractivity contribution in [3.8, 4) is 0 Å². The van der Waals surface area contributed by atoms with Gasteiger partial charge in [0.05, 0.1) is 12.1 Å². The first kappa shape index (κ1) is 28.4. The van der Waals surface area contributed by atoms with Gasteiger partial charge in [0.2, 0.25) is 0 Å². The van der Waals surface area contributed by atoms with E-state index in [2.05, 4.69) is 6.92 Å². The number of ether oxygens (including phenoxy) is 1. The molecule has 1 aromatic carbocycles. The van der Waals surface area contributed by atoms with Gasteiger partial charge in [-0.2, -0.15) is 0 Å². The number of unbranched alkanes of at least 4 members (excludes halogenated alkanes) is 11. The molecule has 1 aromatic rings. The van der Waals surface area contributed by atoms with E-state index >= 15 is 0 Å². The molecule has 6 heteroatoms. The summed E-state index contributed by atoms with van der Waals surface area (Å²) < 4.78 is 5.09. The lowest BCUT2D eigenvalue weighted by Gasteiger charge is -2.23. The highest BCUT2D eigenvalue weighted by Crippen LogP contribution is 2.21. The van der Waals surface area contributed by atoms with Crippen molar-refractivity contribution in [3.63, 3.8) is 0 Å². The number of aliphatic hydroxyl groups excluding tert-OH is 1. The fraction of sp³-hybridized carbons (Fsp3) is 0.643. The number of alkyl halides is 1. The number of imide groups is 1. The fourth-order valence-electron chi connectivity index (χ4n) is 4.31. The van der Waals surface area contributed by atoms with Gasteiger partial charge in [-0.15, -0.1) is 11.6 Å². The normalized spacial score (nSPS) is 17.8. The van der Waals surface area contributed by atoms with Crippen LogP contribution in [0.5, 0.6) is 0 Å². The van der Waals surface area contributed by atoms with Crippen LogP contribution >= 0.6 is 11.6 Å². The molecule has 3 atom stereocenters. The van der Waals surface area contributed by atoms with Gasteiger partial charge in [-0.25, -0.2) is 9.69 Å². The molecule has 1 fully saturated rings. The molecule has 5 nitrogen and oxygen atoms in total. The van der Waals surface area contributed by atoms with Crippen LogP contribution in [0.1, 0.15) is 89.5 Å². The molecule has 1 heterocycles. The molecule has 190 valence electrons. The third-order valence-corrected chi connectivity index (χ3v) is 6.80. The van der Waals surface area contributed by atoms with Crippen LogP contribution in [-0.4, -0.2) is 46.1 Å². The van der Waals surface area contributed by atoms with Crippen molar-refractivity contribution in [2.45, 2.75) is 108 Å². The van der Waals surface area contributed by atoms with Gasteiger partial charge in [0.15, 0.2) is 0 Å². The van der Waals surface area contributed by atoms with E-state index in [4.69, 9.17) is 16.3 Å². The Labute approximate surface area is 210 Å². The average molecular weight is 492 g/mol. The number of aliphatic hydroxyl groups is 1. The molecule has 34 heavy (non-hydrogen) atoms. The second-order valence-corrected chi connectivity index (χ2v) is 9.74. The largest absolute Gasteiger partial charge is 0.447 e. The van der Waals surface area contributed by atoms with Crippen LogP contribution in [0.4, 0.5) is 4.79 Å². The summed E-state index contributed by atoms with van der Waals surface area (Å²) in [6.07, 6.45) is 17.1. The number of hydrogen-bond acceptors (Lipinski definition) is 4.